The molecule has 0 fully saturated rings. The number of hydrogen-bond donors (Lipinski definition) is 2. The van der Waals surface area contributed by atoms with E-state index in [9.17, 15) is 4.79 Å². The normalized spacial score (nSPS) is 10.8. The van der Waals surface area contributed by atoms with Gasteiger partial charge < -0.3 is 24.4 Å². The van der Waals surface area contributed by atoms with Crippen LogP contribution in [0.3, 0.4) is 0 Å². The number of ether oxygens (including phenoxy) is 3. The molecule has 0 unspecified atom stereocenters. The summed E-state index contributed by atoms with van der Waals surface area (Å²) in [6.07, 6.45) is 0.942. The first-order valence-corrected chi connectivity index (χ1v) is 13.0. The van der Waals surface area contributed by atoms with E-state index in [0.29, 0.717) is 18.4 Å². The zero-order valence-electron chi connectivity index (χ0n) is 23.5. The van der Waals surface area contributed by atoms with E-state index in [0.717, 1.165) is 46.0 Å². The number of aryl methyl sites for hydroxylation is 1. The Bertz CT molecular complexity index is 1440. The molecule has 208 valence electrons. The van der Waals surface area contributed by atoms with Gasteiger partial charge in [-0.1, -0.05) is 24.3 Å². The largest absolute Gasteiger partial charge is 0.497 e. The highest BCUT2D eigenvalue weighted by molar-refractivity contribution is 5.83. The lowest BCUT2D eigenvalue weighted by atomic mass is 9.93. The summed E-state index contributed by atoms with van der Waals surface area (Å²) in [5, 5.41) is 5.81. The SMILES string of the molecule is COc1ccc(COC(=O)Nc2ccnc(Nc3ccc(OCCN(C)C)cc3)n2)c(-c2cccc(C)c2C)c1. The fourth-order valence-electron chi connectivity index (χ4n) is 3.98. The third kappa shape index (κ3) is 7.70. The third-order valence-electron chi connectivity index (χ3n) is 6.37. The Kier molecular flexibility index (Phi) is 9.53. The van der Waals surface area contributed by atoms with Crippen molar-refractivity contribution in [2.45, 2.75) is 20.5 Å². The van der Waals surface area contributed by atoms with Gasteiger partial charge in [0, 0.05) is 18.4 Å². The van der Waals surface area contributed by atoms with Crippen molar-refractivity contribution in [1.29, 1.82) is 0 Å². The number of nitrogens with zero attached hydrogens (tertiary/aromatic N) is 3. The van der Waals surface area contributed by atoms with Crippen LogP contribution in [0.25, 0.3) is 11.1 Å². The van der Waals surface area contributed by atoms with E-state index in [1.807, 2.05) is 62.6 Å². The van der Waals surface area contributed by atoms with Gasteiger partial charge in [-0.25, -0.2) is 9.78 Å². The van der Waals surface area contributed by atoms with Gasteiger partial charge in [-0.05, 0) is 98.2 Å². The second-order valence-corrected chi connectivity index (χ2v) is 9.54. The van der Waals surface area contributed by atoms with Crippen LogP contribution in [-0.2, 0) is 11.3 Å². The predicted molar refractivity (Wildman–Crippen MR) is 158 cm³/mol. The molecule has 1 aromatic heterocycles. The van der Waals surface area contributed by atoms with Crippen molar-refractivity contribution in [1.82, 2.24) is 14.9 Å². The quantitative estimate of drug-likeness (QED) is 0.232. The fourth-order valence-corrected chi connectivity index (χ4v) is 3.98. The Hall–Kier alpha value is -4.63. The monoisotopic (exact) mass is 541 g/mol. The maximum Gasteiger partial charge on any atom is 0.413 e. The van der Waals surface area contributed by atoms with E-state index in [-0.39, 0.29) is 6.61 Å². The lowest BCUT2D eigenvalue weighted by Gasteiger charge is -2.15. The minimum Gasteiger partial charge on any atom is -0.497 e. The number of methoxy groups -OCH3 is 1. The van der Waals surface area contributed by atoms with Crippen LogP contribution in [-0.4, -0.2) is 55.3 Å². The van der Waals surface area contributed by atoms with Gasteiger partial charge in [0.15, 0.2) is 0 Å². The van der Waals surface area contributed by atoms with Crippen molar-refractivity contribution in [2.75, 3.05) is 45.0 Å². The molecule has 1 heterocycles. The Morgan fingerprint density at radius 1 is 0.950 bits per heavy atom. The predicted octanol–water partition coefficient (Wildman–Crippen LogP) is 6.20. The highest BCUT2D eigenvalue weighted by atomic mass is 16.5. The molecule has 3 aromatic carbocycles. The summed E-state index contributed by atoms with van der Waals surface area (Å²) >= 11 is 0. The summed E-state index contributed by atoms with van der Waals surface area (Å²) in [7, 11) is 5.64. The molecular formula is C31H35N5O4. The Morgan fingerprint density at radius 3 is 2.48 bits per heavy atom. The highest BCUT2D eigenvalue weighted by Crippen LogP contribution is 2.32. The molecule has 0 saturated carbocycles. The van der Waals surface area contributed by atoms with Gasteiger partial charge in [-0.2, -0.15) is 4.98 Å². The molecule has 1 amide bonds. The lowest BCUT2D eigenvalue weighted by molar-refractivity contribution is 0.155. The van der Waals surface area contributed by atoms with E-state index < -0.39 is 6.09 Å². The molecule has 0 saturated heterocycles. The van der Waals surface area contributed by atoms with Gasteiger partial charge in [-0.15, -0.1) is 0 Å². The molecule has 0 radical (unpaired) electrons. The minimum absolute atomic E-state index is 0.0810. The maximum absolute atomic E-state index is 12.7. The first-order valence-electron chi connectivity index (χ1n) is 13.0. The molecular weight excluding hydrogens is 506 g/mol. The molecule has 0 bridgehead atoms. The molecule has 40 heavy (non-hydrogen) atoms. The molecule has 9 heteroatoms. The van der Waals surface area contributed by atoms with Crippen LogP contribution in [0.4, 0.5) is 22.2 Å². The van der Waals surface area contributed by atoms with Gasteiger partial charge in [0.05, 0.1) is 7.11 Å². The van der Waals surface area contributed by atoms with Crippen molar-refractivity contribution in [3.63, 3.8) is 0 Å². The van der Waals surface area contributed by atoms with Crippen molar-refractivity contribution in [2.24, 2.45) is 0 Å². The lowest BCUT2D eigenvalue weighted by Crippen LogP contribution is -2.19. The first kappa shape index (κ1) is 28.4. The van der Waals surface area contributed by atoms with Gasteiger partial charge >= 0.3 is 6.09 Å². The average molecular weight is 542 g/mol. The number of carbonyl (C=O) groups excluding carboxylic acids is 1. The average Bonchev–Trinajstić information content (AvgIpc) is 2.94. The molecule has 2 N–H and O–H groups in total. The molecule has 0 aliphatic heterocycles. The van der Waals surface area contributed by atoms with E-state index >= 15 is 0 Å². The van der Waals surface area contributed by atoms with Gasteiger partial charge in [0.25, 0.3) is 0 Å². The number of rotatable bonds is 11. The zero-order chi connectivity index (χ0) is 28.5. The van der Waals surface area contributed by atoms with Gasteiger partial charge in [0.2, 0.25) is 5.95 Å². The standard InChI is InChI=1S/C31H35N5O4/c1-21-7-6-8-27(22(21)2)28-19-26(38-5)12-9-23(28)20-40-31(37)35-29-15-16-32-30(34-29)33-24-10-13-25(14-11-24)39-18-17-36(3)4/h6-16,19H,17-18,20H2,1-5H3,(H2,32,33,34,35,37). The van der Waals surface area contributed by atoms with Gasteiger partial charge in [0.1, 0.15) is 30.5 Å². The van der Waals surface area contributed by atoms with Crippen molar-refractivity contribution in [3.8, 4) is 22.6 Å². The summed E-state index contributed by atoms with van der Waals surface area (Å²) < 4.78 is 16.7. The zero-order valence-corrected chi connectivity index (χ0v) is 23.5. The fraction of sp³-hybridized carbons (Fsp3) is 0.258. The van der Waals surface area contributed by atoms with E-state index in [4.69, 9.17) is 14.2 Å². The Morgan fingerprint density at radius 2 is 1.73 bits per heavy atom. The van der Waals surface area contributed by atoms with E-state index in [1.165, 1.54) is 5.56 Å². The number of aromatic nitrogens is 2. The van der Waals surface area contributed by atoms with E-state index in [1.54, 1.807) is 19.4 Å². The first-order chi connectivity index (χ1) is 19.3. The minimum atomic E-state index is -0.619. The molecule has 0 aliphatic carbocycles. The van der Waals surface area contributed by atoms with Crippen molar-refractivity contribution in [3.05, 3.63) is 89.6 Å². The number of benzene rings is 3. The Balaban J connectivity index is 1.37. The summed E-state index contributed by atoms with van der Waals surface area (Å²) in [5.74, 6) is 2.17. The number of amides is 1. The van der Waals surface area contributed by atoms with Crippen LogP contribution in [0, 0.1) is 13.8 Å². The molecule has 0 spiro atoms. The van der Waals surface area contributed by atoms with Crippen LogP contribution >= 0.6 is 0 Å². The van der Waals surface area contributed by atoms with Crippen LogP contribution in [0.2, 0.25) is 0 Å². The van der Waals surface area contributed by atoms with Crippen LogP contribution in [0.5, 0.6) is 11.5 Å². The van der Waals surface area contributed by atoms with Crippen molar-refractivity contribution >= 4 is 23.5 Å². The molecule has 4 rings (SSSR count). The number of carbonyl (C=O) groups is 1. The second-order valence-electron chi connectivity index (χ2n) is 9.54. The summed E-state index contributed by atoms with van der Waals surface area (Å²) in [6.45, 7) is 5.68. The van der Waals surface area contributed by atoms with Crippen LogP contribution in [0.15, 0.2) is 72.9 Å². The molecule has 0 aliphatic rings. The number of likely N-dealkylation sites (N-methyl/N-ethyl adjacent to an activating group) is 1. The summed E-state index contributed by atoms with van der Waals surface area (Å²) in [4.78, 5) is 23.3. The Labute approximate surface area is 235 Å². The summed E-state index contributed by atoms with van der Waals surface area (Å²) in [5.41, 5.74) is 6.02. The highest BCUT2D eigenvalue weighted by Gasteiger charge is 2.13. The number of nitrogens with one attached hydrogen (secondary N) is 2. The van der Waals surface area contributed by atoms with Crippen LogP contribution < -0.4 is 20.1 Å². The molecule has 9 nitrogen and oxygen atoms in total. The number of anilines is 3. The number of hydrogen-bond acceptors (Lipinski definition) is 8. The topological polar surface area (TPSA) is 97.8 Å². The second kappa shape index (κ2) is 13.4. The van der Waals surface area contributed by atoms with Crippen molar-refractivity contribution < 1.29 is 19.0 Å². The van der Waals surface area contributed by atoms with E-state index in [2.05, 4.69) is 51.5 Å². The maximum atomic E-state index is 12.7. The van der Waals surface area contributed by atoms with Crippen LogP contribution in [0.1, 0.15) is 16.7 Å². The third-order valence-corrected chi connectivity index (χ3v) is 6.37. The smallest absolute Gasteiger partial charge is 0.413 e. The van der Waals surface area contributed by atoms with Gasteiger partial charge in [-0.3, -0.25) is 5.32 Å². The molecule has 4 aromatic rings. The summed E-state index contributed by atoms with van der Waals surface area (Å²) in [6, 6.07) is 21.0. The molecule has 0 atom stereocenters.